The van der Waals surface area contributed by atoms with Gasteiger partial charge in [-0.3, -0.25) is 4.79 Å². The smallest absolute Gasteiger partial charge is 0.254 e. The maximum Gasteiger partial charge on any atom is 0.254 e. The van der Waals surface area contributed by atoms with Crippen molar-refractivity contribution < 1.29 is 13.2 Å². The number of hydrogen-bond donors (Lipinski definition) is 1. The molecule has 1 fully saturated rings. The molecule has 0 aromatic heterocycles. The lowest BCUT2D eigenvalue weighted by molar-refractivity contribution is 0.0706. The van der Waals surface area contributed by atoms with Gasteiger partial charge in [-0.25, -0.2) is 8.42 Å². The number of rotatable bonds is 5. The largest absolute Gasteiger partial charge is 0.339 e. The zero-order valence-corrected chi connectivity index (χ0v) is 15.7. The molecule has 2 aromatic carbocycles. The lowest BCUT2D eigenvalue weighted by atomic mass is 10.0. The minimum Gasteiger partial charge on any atom is -0.339 e. The molecule has 0 radical (unpaired) electrons. The van der Waals surface area contributed by atoms with Crippen molar-refractivity contribution in [3.63, 3.8) is 0 Å². The number of nitrogens with zero attached hydrogens (tertiary/aromatic N) is 1. The van der Waals surface area contributed by atoms with Crippen molar-refractivity contribution in [3.05, 3.63) is 65.7 Å². The molecular formula is C20H24N2O3S. The number of amides is 1. The van der Waals surface area contributed by atoms with E-state index in [0.717, 1.165) is 12.8 Å². The van der Waals surface area contributed by atoms with E-state index in [9.17, 15) is 13.2 Å². The van der Waals surface area contributed by atoms with Crippen molar-refractivity contribution in [1.82, 2.24) is 10.2 Å². The summed E-state index contributed by atoms with van der Waals surface area (Å²) in [4.78, 5) is 15.0. The van der Waals surface area contributed by atoms with E-state index >= 15 is 0 Å². The first-order chi connectivity index (χ1) is 12.5. The maximum absolute atomic E-state index is 12.9. The first-order valence-corrected chi connectivity index (χ1v) is 10.5. The molecule has 6 heteroatoms. The number of likely N-dealkylation sites (tertiary alicyclic amines) is 1. The fraction of sp³-hybridized carbons (Fsp3) is 0.350. The van der Waals surface area contributed by atoms with Crippen molar-refractivity contribution in [1.29, 1.82) is 0 Å². The Morgan fingerprint density at radius 1 is 1.04 bits per heavy atom. The van der Waals surface area contributed by atoms with Gasteiger partial charge in [0.25, 0.3) is 5.91 Å². The molecule has 1 N–H and O–H groups in total. The molecule has 0 bridgehead atoms. The number of carbonyl (C=O) groups is 1. The van der Waals surface area contributed by atoms with E-state index in [2.05, 4.69) is 5.32 Å². The number of hydrogen-bond acceptors (Lipinski definition) is 4. The quantitative estimate of drug-likeness (QED) is 0.876. The zero-order chi connectivity index (χ0) is 18.6. The van der Waals surface area contributed by atoms with Gasteiger partial charge in [0.1, 0.15) is 0 Å². The lowest BCUT2D eigenvalue weighted by Crippen LogP contribution is -2.44. The van der Waals surface area contributed by atoms with Crippen LogP contribution in [0.25, 0.3) is 0 Å². The van der Waals surface area contributed by atoms with E-state index in [0.29, 0.717) is 30.3 Å². The van der Waals surface area contributed by atoms with Crippen LogP contribution in [-0.2, 0) is 15.6 Å². The van der Waals surface area contributed by atoms with Gasteiger partial charge in [-0.15, -0.1) is 0 Å². The minimum atomic E-state index is -3.49. The predicted molar refractivity (Wildman–Crippen MR) is 102 cm³/mol. The molecule has 1 saturated heterocycles. The second-order valence-corrected chi connectivity index (χ2v) is 8.57. The summed E-state index contributed by atoms with van der Waals surface area (Å²) in [6, 6.07) is 15.8. The third-order valence-corrected chi connectivity index (χ3v) is 6.57. The van der Waals surface area contributed by atoms with Gasteiger partial charge in [0, 0.05) is 24.7 Å². The topological polar surface area (TPSA) is 66.5 Å². The highest BCUT2D eigenvalue weighted by molar-refractivity contribution is 7.90. The van der Waals surface area contributed by atoms with Crippen molar-refractivity contribution in [2.45, 2.75) is 29.5 Å². The normalized spacial score (nSPS) is 15.8. The highest BCUT2D eigenvalue weighted by Gasteiger charge is 2.25. The predicted octanol–water partition coefficient (Wildman–Crippen LogP) is 2.48. The van der Waals surface area contributed by atoms with Crippen LogP contribution in [-0.4, -0.2) is 45.4 Å². The first kappa shape index (κ1) is 18.6. The van der Waals surface area contributed by atoms with Gasteiger partial charge in [-0.2, -0.15) is 0 Å². The molecule has 0 saturated carbocycles. The summed E-state index contributed by atoms with van der Waals surface area (Å²) in [5, 5.41) is 3.25. The van der Waals surface area contributed by atoms with Gasteiger partial charge < -0.3 is 10.2 Å². The summed E-state index contributed by atoms with van der Waals surface area (Å²) in [5.74, 6) is -0.259. The van der Waals surface area contributed by atoms with Crippen molar-refractivity contribution in [2.24, 2.45) is 0 Å². The third kappa shape index (κ3) is 4.14. The summed E-state index contributed by atoms with van der Waals surface area (Å²) in [7, 11) is -1.56. The van der Waals surface area contributed by atoms with Gasteiger partial charge in [-0.1, -0.05) is 36.4 Å². The lowest BCUT2D eigenvalue weighted by Gasteiger charge is -2.32. The Morgan fingerprint density at radius 2 is 1.65 bits per heavy atom. The minimum absolute atomic E-state index is 0.0848. The van der Waals surface area contributed by atoms with Crippen LogP contribution < -0.4 is 5.32 Å². The summed E-state index contributed by atoms with van der Waals surface area (Å²) in [5.41, 5.74) is 1.03. The average molecular weight is 372 g/mol. The number of benzene rings is 2. The van der Waals surface area contributed by atoms with Crippen LogP contribution >= 0.6 is 0 Å². The number of carbonyl (C=O) groups excluding carboxylic acids is 1. The highest BCUT2D eigenvalue weighted by atomic mass is 32.2. The molecule has 1 aliphatic rings. The molecule has 5 nitrogen and oxygen atoms in total. The number of piperidine rings is 1. The zero-order valence-electron chi connectivity index (χ0n) is 14.9. The van der Waals surface area contributed by atoms with Crippen LogP contribution in [0.1, 0.15) is 28.8 Å². The molecule has 2 aromatic rings. The summed E-state index contributed by atoms with van der Waals surface area (Å²) >= 11 is 0. The van der Waals surface area contributed by atoms with E-state index in [1.807, 2.05) is 11.9 Å². The van der Waals surface area contributed by atoms with Crippen LogP contribution in [0.4, 0.5) is 0 Å². The molecule has 1 amide bonds. The van der Waals surface area contributed by atoms with Gasteiger partial charge in [0.15, 0.2) is 9.84 Å². The highest BCUT2D eigenvalue weighted by Crippen LogP contribution is 2.21. The fourth-order valence-corrected chi connectivity index (χ4v) is 4.71. The van der Waals surface area contributed by atoms with Crippen molar-refractivity contribution >= 4 is 15.7 Å². The Labute approximate surface area is 154 Å². The van der Waals surface area contributed by atoms with E-state index in [4.69, 9.17) is 0 Å². The molecule has 3 rings (SSSR count). The molecule has 26 heavy (non-hydrogen) atoms. The molecule has 0 aliphatic carbocycles. The van der Waals surface area contributed by atoms with Crippen LogP contribution in [0.2, 0.25) is 0 Å². The van der Waals surface area contributed by atoms with E-state index in [1.54, 1.807) is 54.6 Å². The second-order valence-electron chi connectivity index (χ2n) is 6.58. The molecule has 1 heterocycles. The van der Waals surface area contributed by atoms with Gasteiger partial charge >= 0.3 is 0 Å². The fourth-order valence-electron chi connectivity index (χ4n) is 3.31. The summed E-state index contributed by atoms with van der Waals surface area (Å²) < 4.78 is 25.4. The molecule has 0 atom stereocenters. The van der Waals surface area contributed by atoms with E-state index in [1.165, 1.54) is 0 Å². The molecule has 0 unspecified atom stereocenters. The third-order valence-electron chi connectivity index (χ3n) is 4.89. The van der Waals surface area contributed by atoms with Crippen molar-refractivity contribution in [3.8, 4) is 0 Å². The van der Waals surface area contributed by atoms with Gasteiger partial charge in [-0.05, 0) is 43.7 Å². The Morgan fingerprint density at radius 3 is 2.31 bits per heavy atom. The summed E-state index contributed by atoms with van der Waals surface area (Å²) in [6.07, 6.45) is 1.82. The second kappa shape index (κ2) is 8.01. The van der Waals surface area contributed by atoms with Gasteiger partial charge in [0.05, 0.1) is 10.6 Å². The number of nitrogens with one attached hydrogen (secondary N) is 1. The molecule has 0 spiro atoms. The van der Waals surface area contributed by atoms with Crippen LogP contribution in [0.3, 0.4) is 0 Å². The Kier molecular flexibility index (Phi) is 5.74. The first-order valence-electron chi connectivity index (χ1n) is 8.83. The maximum atomic E-state index is 12.9. The van der Waals surface area contributed by atoms with Gasteiger partial charge in [0.2, 0.25) is 0 Å². The SMILES string of the molecule is CNC1CCN(C(=O)c2ccccc2CS(=O)(=O)c2ccccc2)CC1. The average Bonchev–Trinajstić information content (AvgIpc) is 2.68. The molecule has 1 aliphatic heterocycles. The van der Waals surface area contributed by atoms with Crippen molar-refractivity contribution in [2.75, 3.05) is 20.1 Å². The Hall–Kier alpha value is -2.18. The number of sulfone groups is 1. The van der Waals surface area contributed by atoms with E-state index < -0.39 is 9.84 Å². The molecular weight excluding hydrogens is 348 g/mol. The monoisotopic (exact) mass is 372 g/mol. The Balaban J connectivity index is 1.82. The van der Waals surface area contributed by atoms with E-state index in [-0.39, 0.29) is 16.6 Å². The standard InChI is InChI=1S/C20H24N2O3S/c1-21-17-11-13-22(14-12-17)20(23)19-10-6-5-7-16(19)15-26(24,25)18-8-3-2-4-9-18/h2-10,17,21H,11-15H2,1H3. The van der Waals surface area contributed by atoms with Crippen LogP contribution in [0.5, 0.6) is 0 Å². The Bertz CT molecular complexity index is 858. The van der Waals surface area contributed by atoms with Crippen LogP contribution in [0.15, 0.2) is 59.5 Å². The molecule has 138 valence electrons. The van der Waals surface area contributed by atoms with Crippen LogP contribution in [0, 0.1) is 0 Å². The summed E-state index contributed by atoms with van der Waals surface area (Å²) in [6.45, 7) is 1.37.